The van der Waals surface area contributed by atoms with Gasteiger partial charge in [0.05, 0.1) is 4.90 Å². The quantitative estimate of drug-likeness (QED) is 0.828. The molecule has 0 aliphatic carbocycles. The maximum Gasteiger partial charge on any atom is 0.254 e. The van der Waals surface area contributed by atoms with Gasteiger partial charge in [0.15, 0.2) is 11.5 Å². The number of anilines is 1. The van der Waals surface area contributed by atoms with Crippen LogP contribution in [-0.2, 0) is 10.0 Å². The van der Waals surface area contributed by atoms with Gasteiger partial charge in [0.2, 0.25) is 16.8 Å². The number of hydrogen-bond acceptors (Lipinski definition) is 6. The number of nitrogens with zero attached hydrogens (tertiary/aromatic N) is 2. The molecule has 148 valence electrons. The molecule has 0 radical (unpaired) electrons. The average molecular weight is 403 g/mol. The number of fused-ring (bicyclic) bond motifs is 1. The molecule has 0 atom stereocenters. The summed E-state index contributed by atoms with van der Waals surface area (Å²) < 4.78 is 36.6. The Morgan fingerprint density at radius 2 is 1.64 bits per heavy atom. The number of carbonyl (C=O) groups is 1. The molecule has 1 fully saturated rings. The van der Waals surface area contributed by atoms with Crippen molar-refractivity contribution in [2.45, 2.75) is 4.90 Å². The lowest BCUT2D eigenvalue weighted by molar-refractivity contribution is 0.0746. The fourth-order valence-corrected chi connectivity index (χ4v) is 4.06. The largest absolute Gasteiger partial charge is 0.454 e. The van der Waals surface area contributed by atoms with Gasteiger partial charge in [-0.25, -0.2) is 13.1 Å². The molecular formula is C19H21N3O5S. The Kier molecular flexibility index (Phi) is 4.86. The number of amides is 1. The first-order valence-electron chi connectivity index (χ1n) is 8.95. The molecule has 0 aromatic heterocycles. The van der Waals surface area contributed by atoms with E-state index in [-0.39, 0.29) is 17.6 Å². The van der Waals surface area contributed by atoms with Crippen molar-refractivity contribution in [2.75, 3.05) is 44.9 Å². The number of ether oxygens (including phenoxy) is 2. The predicted octanol–water partition coefficient (Wildman–Crippen LogP) is 1.29. The second-order valence-corrected chi connectivity index (χ2v) is 8.44. The lowest BCUT2D eigenvalue weighted by Gasteiger charge is -2.36. The van der Waals surface area contributed by atoms with E-state index in [0.717, 1.165) is 5.69 Å². The van der Waals surface area contributed by atoms with Gasteiger partial charge in [-0.15, -0.1) is 0 Å². The minimum atomic E-state index is -3.44. The van der Waals surface area contributed by atoms with Crippen LogP contribution in [-0.4, -0.2) is 59.2 Å². The summed E-state index contributed by atoms with van der Waals surface area (Å²) in [6, 6.07) is 12.0. The predicted molar refractivity (Wildman–Crippen MR) is 103 cm³/mol. The average Bonchev–Trinajstić information content (AvgIpc) is 3.21. The maximum atomic E-state index is 12.8. The van der Waals surface area contributed by atoms with Crippen LogP contribution in [0.2, 0.25) is 0 Å². The lowest BCUT2D eigenvalue weighted by Crippen LogP contribution is -2.48. The van der Waals surface area contributed by atoms with Crippen LogP contribution in [0.4, 0.5) is 5.69 Å². The van der Waals surface area contributed by atoms with Gasteiger partial charge in [-0.3, -0.25) is 4.79 Å². The van der Waals surface area contributed by atoms with Crippen LogP contribution in [0.15, 0.2) is 47.4 Å². The summed E-state index contributed by atoms with van der Waals surface area (Å²) in [5.74, 6) is 1.22. The molecule has 1 amide bonds. The molecule has 2 heterocycles. The first-order valence-corrected chi connectivity index (χ1v) is 10.4. The van der Waals surface area contributed by atoms with Crippen molar-refractivity contribution in [3.63, 3.8) is 0 Å². The smallest absolute Gasteiger partial charge is 0.254 e. The summed E-state index contributed by atoms with van der Waals surface area (Å²) in [5.41, 5.74) is 1.52. The van der Waals surface area contributed by atoms with Crippen molar-refractivity contribution in [2.24, 2.45) is 0 Å². The first-order chi connectivity index (χ1) is 13.5. The Hall–Kier alpha value is -2.78. The standard InChI is InChI=1S/C19H21N3O5S/c1-20-28(24,25)16-5-3-15(4-6-16)21-8-10-22(11-9-21)19(23)14-2-7-17-18(12-14)27-13-26-17/h2-7,12,20H,8-11,13H2,1H3. The highest BCUT2D eigenvalue weighted by Gasteiger charge is 2.24. The van der Waals surface area contributed by atoms with Gasteiger partial charge in [0.1, 0.15) is 0 Å². The maximum absolute atomic E-state index is 12.8. The molecule has 0 spiro atoms. The molecule has 2 aromatic rings. The highest BCUT2D eigenvalue weighted by atomic mass is 32.2. The summed E-state index contributed by atoms with van der Waals surface area (Å²) in [6.45, 7) is 2.70. The highest BCUT2D eigenvalue weighted by molar-refractivity contribution is 7.89. The third-order valence-electron chi connectivity index (χ3n) is 4.97. The SMILES string of the molecule is CNS(=O)(=O)c1ccc(N2CCN(C(=O)c3ccc4c(c3)OCO4)CC2)cc1. The number of nitrogens with one attached hydrogen (secondary N) is 1. The number of piperazine rings is 1. The minimum Gasteiger partial charge on any atom is -0.454 e. The van der Waals surface area contributed by atoms with Crippen molar-refractivity contribution in [1.29, 1.82) is 0 Å². The third-order valence-corrected chi connectivity index (χ3v) is 6.40. The van der Waals surface area contributed by atoms with E-state index in [9.17, 15) is 13.2 Å². The fourth-order valence-electron chi connectivity index (χ4n) is 3.33. The number of hydrogen-bond donors (Lipinski definition) is 1. The molecule has 1 saturated heterocycles. The van der Waals surface area contributed by atoms with E-state index in [1.807, 2.05) is 4.90 Å². The third kappa shape index (κ3) is 3.50. The molecule has 1 N–H and O–H groups in total. The summed E-state index contributed by atoms with van der Waals surface area (Å²) >= 11 is 0. The van der Waals surface area contributed by atoms with Crippen LogP contribution in [0.25, 0.3) is 0 Å². The molecule has 2 aliphatic rings. The second-order valence-electron chi connectivity index (χ2n) is 6.55. The second kappa shape index (κ2) is 7.33. The minimum absolute atomic E-state index is 0.0339. The van der Waals surface area contributed by atoms with Gasteiger partial charge in [0, 0.05) is 37.4 Å². The molecule has 0 saturated carbocycles. The zero-order valence-corrected chi connectivity index (χ0v) is 16.2. The van der Waals surface area contributed by atoms with Gasteiger partial charge in [-0.2, -0.15) is 0 Å². The Morgan fingerprint density at radius 3 is 2.32 bits per heavy atom. The fraction of sp³-hybridized carbons (Fsp3) is 0.316. The molecule has 0 unspecified atom stereocenters. The van der Waals surface area contributed by atoms with Crippen LogP contribution in [0, 0.1) is 0 Å². The zero-order chi connectivity index (χ0) is 19.7. The molecule has 9 heteroatoms. The molecule has 28 heavy (non-hydrogen) atoms. The zero-order valence-electron chi connectivity index (χ0n) is 15.4. The van der Waals surface area contributed by atoms with Crippen LogP contribution in [0.5, 0.6) is 11.5 Å². The summed E-state index contributed by atoms with van der Waals surface area (Å²) in [6.07, 6.45) is 0. The summed E-state index contributed by atoms with van der Waals surface area (Å²) in [7, 11) is -2.05. The first kappa shape index (κ1) is 18.6. The van der Waals surface area contributed by atoms with E-state index in [4.69, 9.17) is 9.47 Å². The molecule has 2 aliphatic heterocycles. The molecule has 8 nitrogen and oxygen atoms in total. The van der Waals surface area contributed by atoms with E-state index in [2.05, 4.69) is 9.62 Å². The van der Waals surface area contributed by atoms with Gasteiger partial charge in [0.25, 0.3) is 5.91 Å². The van der Waals surface area contributed by atoms with Crippen molar-refractivity contribution in [3.05, 3.63) is 48.0 Å². The Bertz CT molecular complexity index is 983. The van der Waals surface area contributed by atoms with Crippen molar-refractivity contribution in [1.82, 2.24) is 9.62 Å². The molecular weight excluding hydrogens is 382 g/mol. The van der Waals surface area contributed by atoms with Gasteiger partial charge >= 0.3 is 0 Å². The summed E-state index contributed by atoms with van der Waals surface area (Å²) in [4.78, 5) is 17.0. The van der Waals surface area contributed by atoms with Gasteiger partial charge < -0.3 is 19.3 Å². The normalized spacial score (nSPS) is 16.3. The highest BCUT2D eigenvalue weighted by Crippen LogP contribution is 2.33. The van der Waals surface area contributed by atoms with Crippen LogP contribution in [0.3, 0.4) is 0 Å². The number of sulfonamides is 1. The van der Waals surface area contributed by atoms with E-state index >= 15 is 0 Å². The Morgan fingerprint density at radius 1 is 0.964 bits per heavy atom. The van der Waals surface area contributed by atoms with Crippen LogP contribution in [0.1, 0.15) is 10.4 Å². The van der Waals surface area contributed by atoms with Crippen molar-refractivity contribution < 1.29 is 22.7 Å². The monoisotopic (exact) mass is 403 g/mol. The lowest BCUT2D eigenvalue weighted by atomic mass is 10.1. The Balaban J connectivity index is 1.40. The van der Waals surface area contributed by atoms with Crippen LogP contribution >= 0.6 is 0 Å². The van der Waals surface area contributed by atoms with E-state index in [0.29, 0.717) is 43.2 Å². The van der Waals surface area contributed by atoms with E-state index in [1.54, 1.807) is 42.5 Å². The topological polar surface area (TPSA) is 88.2 Å². The number of carbonyl (C=O) groups excluding carboxylic acids is 1. The molecule has 0 bridgehead atoms. The summed E-state index contributed by atoms with van der Waals surface area (Å²) in [5, 5.41) is 0. The van der Waals surface area contributed by atoms with E-state index < -0.39 is 10.0 Å². The van der Waals surface area contributed by atoms with Gasteiger partial charge in [-0.1, -0.05) is 0 Å². The van der Waals surface area contributed by atoms with Crippen LogP contribution < -0.4 is 19.1 Å². The van der Waals surface area contributed by atoms with E-state index in [1.165, 1.54) is 7.05 Å². The molecule has 4 rings (SSSR count). The molecule has 2 aromatic carbocycles. The number of rotatable bonds is 4. The Labute approximate surface area is 163 Å². The van der Waals surface area contributed by atoms with Crippen molar-refractivity contribution >= 4 is 21.6 Å². The van der Waals surface area contributed by atoms with Crippen molar-refractivity contribution in [3.8, 4) is 11.5 Å². The number of benzene rings is 2. The van der Waals surface area contributed by atoms with Gasteiger partial charge in [-0.05, 0) is 49.5 Å².